The first-order valence-corrected chi connectivity index (χ1v) is 17.5. The SMILES string of the molecule is CCCCCCCCCCCCCCCC(=O)OC[C@H](COP(=O)([O-])OCC[N+](C)(C)C)OC(=O)C=Cc1ccccc1. The highest BCUT2D eigenvalue weighted by molar-refractivity contribution is 7.45. The minimum atomic E-state index is -4.64. The van der Waals surface area contributed by atoms with Gasteiger partial charge in [0, 0.05) is 12.5 Å². The van der Waals surface area contributed by atoms with Gasteiger partial charge in [0.05, 0.1) is 27.7 Å². The topological polar surface area (TPSA) is 111 Å². The molecular weight excluding hydrogens is 569 g/mol. The second kappa shape index (κ2) is 23.4. The third-order valence-electron chi connectivity index (χ3n) is 6.84. The lowest BCUT2D eigenvalue weighted by atomic mass is 10.0. The third-order valence-corrected chi connectivity index (χ3v) is 7.80. The number of nitrogens with zero attached hydrogens (tertiary/aromatic N) is 1. The van der Waals surface area contributed by atoms with Gasteiger partial charge in [0.25, 0.3) is 7.82 Å². The molecule has 43 heavy (non-hydrogen) atoms. The van der Waals surface area contributed by atoms with Crippen molar-refractivity contribution in [2.75, 3.05) is 47.5 Å². The maximum atomic E-state index is 12.4. The third kappa shape index (κ3) is 24.0. The maximum absolute atomic E-state index is 12.4. The van der Waals surface area contributed by atoms with Crippen LogP contribution in [0.5, 0.6) is 0 Å². The zero-order chi connectivity index (χ0) is 31.8. The highest BCUT2D eigenvalue weighted by Gasteiger charge is 2.21. The van der Waals surface area contributed by atoms with Crippen molar-refractivity contribution in [3.63, 3.8) is 0 Å². The van der Waals surface area contributed by atoms with Gasteiger partial charge < -0.3 is 27.9 Å². The molecule has 2 atom stereocenters. The van der Waals surface area contributed by atoms with E-state index in [1.807, 2.05) is 51.5 Å². The van der Waals surface area contributed by atoms with Gasteiger partial charge in [0.2, 0.25) is 0 Å². The molecule has 0 saturated carbocycles. The molecule has 0 fully saturated rings. The Morgan fingerprint density at radius 1 is 0.837 bits per heavy atom. The van der Waals surface area contributed by atoms with Gasteiger partial charge >= 0.3 is 11.9 Å². The van der Waals surface area contributed by atoms with E-state index < -0.39 is 32.5 Å². The molecule has 0 heterocycles. The van der Waals surface area contributed by atoms with Crippen molar-refractivity contribution >= 4 is 25.8 Å². The Bertz CT molecular complexity index is 948. The van der Waals surface area contributed by atoms with Crippen LogP contribution in [0.4, 0.5) is 0 Å². The number of rotatable bonds is 26. The van der Waals surface area contributed by atoms with Gasteiger partial charge in [-0.05, 0) is 18.1 Å². The van der Waals surface area contributed by atoms with E-state index >= 15 is 0 Å². The average Bonchev–Trinajstić information content (AvgIpc) is 2.95. The molecule has 0 aliphatic rings. The highest BCUT2D eigenvalue weighted by atomic mass is 31.2. The van der Waals surface area contributed by atoms with Crippen molar-refractivity contribution < 1.29 is 42.1 Å². The van der Waals surface area contributed by atoms with Crippen molar-refractivity contribution in [1.82, 2.24) is 0 Å². The van der Waals surface area contributed by atoms with Crippen LogP contribution in [0.2, 0.25) is 0 Å². The van der Waals surface area contributed by atoms with E-state index in [1.165, 1.54) is 70.3 Å². The number of carbonyl (C=O) groups excluding carboxylic acids is 2. The van der Waals surface area contributed by atoms with Gasteiger partial charge in [-0.1, -0.05) is 114 Å². The first kappa shape index (κ1) is 39.0. The Hall–Kier alpha value is -2.03. The van der Waals surface area contributed by atoms with Crippen LogP contribution < -0.4 is 4.89 Å². The second-order valence-corrected chi connectivity index (χ2v) is 13.5. The summed E-state index contributed by atoms with van der Waals surface area (Å²) in [4.78, 5) is 36.9. The summed E-state index contributed by atoms with van der Waals surface area (Å²) in [5, 5.41) is 0. The van der Waals surface area contributed by atoms with Crippen molar-refractivity contribution in [2.24, 2.45) is 0 Å². The quantitative estimate of drug-likeness (QED) is 0.0362. The molecule has 10 heteroatoms. The maximum Gasteiger partial charge on any atom is 0.331 e. The van der Waals surface area contributed by atoms with E-state index in [1.54, 1.807) is 6.08 Å². The van der Waals surface area contributed by atoms with E-state index in [4.69, 9.17) is 18.5 Å². The van der Waals surface area contributed by atoms with Gasteiger partial charge in [-0.25, -0.2) is 4.79 Å². The molecule has 246 valence electrons. The molecule has 0 spiro atoms. The highest BCUT2D eigenvalue weighted by Crippen LogP contribution is 2.38. The number of phosphoric ester groups is 1. The van der Waals surface area contributed by atoms with Gasteiger partial charge in [0.15, 0.2) is 6.10 Å². The molecule has 0 aliphatic heterocycles. The number of hydrogen-bond acceptors (Lipinski definition) is 8. The second-order valence-electron chi connectivity index (χ2n) is 12.1. The minimum Gasteiger partial charge on any atom is -0.756 e. The van der Waals surface area contributed by atoms with Crippen LogP contribution in [0, 0.1) is 0 Å². The summed E-state index contributed by atoms with van der Waals surface area (Å²) in [6.45, 7) is 1.80. The Morgan fingerprint density at radius 3 is 1.95 bits per heavy atom. The predicted molar refractivity (Wildman–Crippen MR) is 169 cm³/mol. The largest absolute Gasteiger partial charge is 0.756 e. The normalized spacial score (nSPS) is 14.0. The molecule has 1 unspecified atom stereocenters. The number of phosphoric acid groups is 1. The Kier molecular flexibility index (Phi) is 21.2. The molecule has 9 nitrogen and oxygen atoms in total. The van der Waals surface area contributed by atoms with Gasteiger partial charge in [-0.3, -0.25) is 9.36 Å². The average molecular weight is 626 g/mol. The van der Waals surface area contributed by atoms with Gasteiger partial charge in [-0.15, -0.1) is 0 Å². The summed E-state index contributed by atoms with van der Waals surface area (Å²) in [7, 11) is 1.08. The minimum absolute atomic E-state index is 0.0529. The van der Waals surface area contributed by atoms with E-state index in [2.05, 4.69) is 6.92 Å². The van der Waals surface area contributed by atoms with Gasteiger partial charge in [-0.2, -0.15) is 0 Å². The Labute approximate surface area is 260 Å². The number of carbonyl (C=O) groups is 2. The first-order valence-electron chi connectivity index (χ1n) is 16.0. The summed E-state index contributed by atoms with van der Waals surface area (Å²) >= 11 is 0. The monoisotopic (exact) mass is 625 g/mol. The molecule has 0 saturated heterocycles. The van der Waals surface area contributed by atoms with Crippen LogP contribution in [0.15, 0.2) is 36.4 Å². The summed E-state index contributed by atoms with van der Waals surface area (Å²) in [6, 6.07) is 9.18. The Balaban J connectivity index is 2.40. The number of esters is 2. The molecule has 0 amide bonds. The van der Waals surface area contributed by atoms with Crippen LogP contribution in [0.1, 0.15) is 102 Å². The van der Waals surface area contributed by atoms with Crippen molar-refractivity contribution in [2.45, 2.75) is 103 Å². The zero-order valence-electron chi connectivity index (χ0n) is 27.0. The fraction of sp³-hybridized carbons (Fsp3) is 0.697. The van der Waals surface area contributed by atoms with Crippen molar-refractivity contribution in [3.05, 3.63) is 42.0 Å². The lowest BCUT2D eigenvalue weighted by Crippen LogP contribution is -2.37. The summed E-state index contributed by atoms with van der Waals surface area (Å²) < 4.78 is 33.3. The predicted octanol–water partition coefficient (Wildman–Crippen LogP) is 6.84. The zero-order valence-corrected chi connectivity index (χ0v) is 27.9. The molecule has 0 radical (unpaired) electrons. The smallest absolute Gasteiger partial charge is 0.331 e. The summed E-state index contributed by atoms with van der Waals surface area (Å²) in [5.74, 6) is -1.13. The van der Waals surface area contributed by atoms with Crippen LogP contribution in [-0.2, 0) is 32.7 Å². The molecule has 1 rings (SSSR count). The van der Waals surface area contributed by atoms with Crippen molar-refractivity contribution in [3.8, 4) is 0 Å². The number of hydrogen-bond donors (Lipinski definition) is 0. The number of ether oxygens (including phenoxy) is 2. The van der Waals surface area contributed by atoms with E-state index in [-0.39, 0.29) is 19.6 Å². The first-order chi connectivity index (χ1) is 20.5. The van der Waals surface area contributed by atoms with Crippen molar-refractivity contribution in [1.29, 1.82) is 0 Å². The fourth-order valence-electron chi connectivity index (χ4n) is 4.23. The molecule has 0 bridgehead atoms. The lowest BCUT2D eigenvalue weighted by molar-refractivity contribution is -0.870. The number of likely N-dealkylation sites (N-methyl/N-ethyl adjacent to an activating group) is 1. The summed E-state index contributed by atoms with van der Waals surface area (Å²) in [5.41, 5.74) is 0.797. The number of benzene rings is 1. The number of quaternary nitrogens is 1. The fourth-order valence-corrected chi connectivity index (χ4v) is 4.96. The lowest BCUT2D eigenvalue weighted by Gasteiger charge is -2.28. The van der Waals surface area contributed by atoms with Crippen LogP contribution in [0.25, 0.3) is 6.08 Å². The van der Waals surface area contributed by atoms with Gasteiger partial charge in [0.1, 0.15) is 19.8 Å². The summed E-state index contributed by atoms with van der Waals surface area (Å²) in [6.07, 6.45) is 17.7. The molecular formula is C33H56NO8P. The van der Waals surface area contributed by atoms with E-state index in [9.17, 15) is 19.0 Å². The van der Waals surface area contributed by atoms with Crippen LogP contribution in [-0.4, -0.2) is 70.0 Å². The molecule has 1 aromatic rings. The van der Waals surface area contributed by atoms with E-state index in [0.717, 1.165) is 18.4 Å². The standard InChI is InChI=1S/C33H56NO8P/c1-5-6-7-8-9-10-11-12-13-14-15-16-20-23-32(35)39-28-31(29-41-43(37,38)40-27-26-34(2,3)4)42-33(36)25-24-30-21-18-17-19-22-30/h17-19,21-22,24-25,31H,5-16,20,23,26-29H2,1-4H3/t31-/m1/s1. The van der Waals surface area contributed by atoms with Crippen LogP contribution >= 0.6 is 7.82 Å². The molecule has 0 aromatic heterocycles. The van der Waals surface area contributed by atoms with Crippen LogP contribution in [0.3, 0.4) is 0 Å². The Morgan fingerprint density at radius 2 is 1.40 bits per heavy atom. The molecule has 0 N–H and O–H groups in total. The van der Waals surface area contributed by atoms with E-state index in [0.29, 0.717) is 17.4 Å². The number of unbranched alkanes of at least 4 members (excludes halogenated alkanes) is 12. The molecule has 0 aliphatic carbocycles. The molecule has 1 aromatic carbocycles.